The molecule has 0 radical (unpaired) electrons. The minimum absolute atomic E-state index is 0.0755. The Kier molecular flexibility index (Phi) is 4.08. The van der Waals surface area contributed by atoms with Crippen molar-refractivity contribution in [1.82, 2.24) is 10.2 Å². The van der Waals surface area contributed by atoms with Gasteiger partial charge in [0.15, 0.2) is 0 Å². The van der Waals surface area contributed by atoms with E-state index in [0.717, 1.165) is 51.9 Å². The number of amides is 2. The molecule has 0 aromatic heterocycles. The highest BCUT2D eigenvalue weighted by Gasteiger charge is 2.49. The Morgan fingerprint density at radius 2 is 1.87 bits per heavy atom. The van der Waals surface area contributed by atoms with Crippen LogP contribution in [0.15, 0.2) is 0 Å². The Morgan fingerprint density at radius 3 is 2.43 bits per heavy atom. The van der Waals surface area contributed by atoms with Crippen LogP contribution >= 0.6 is 0 Å². The number of nitrogens with one attached hydrogen (secondary N) is 1. The van der Waals surface area contributed by atoms with Crippen molar-refractivity contribution in [2.75, 3.05) is 26.2 Å². The summed E-state index contributed by atoms with van der Waals surface area (Å²) in [6.07, 6.45) is 8.62. The van der Waals surface area contributed by atoms with Gasteiger partial charge in [0.1, 0.15) is 5.60 Å². The van der Waals surface area contributed by atoms with E-state index in [0.29, 0.717) is 30.1 Å². The predicted molar refractivity (Wildman–Crippen MR) is 85.7 cm³/mol. The minimum atomic E-state index is -0.0755. The van der Waals surface area contributed by atoms with Gasteiger partial charge >= 0.3 is 0 Å². The smallest absolute Gasteiger partial charge is 0.225 e. The lowest BCUT2D eigenvalue weighted by molar-refractivity contribution is -0.192. The maximum Gasteiger partial charge on any atom is 0.225 e. The molecule has 2 aliphatic carbocycles. The third-order valence-corrected chi connectivity index (χ3v) is 6.12. The van der Waals surface area contributed by atoms with E-state index >= 15 is 0 Å². The molecule has 0 bridgehead atoms. The molecule has 1 atom stereocenters. The van der Waals surface area contributed by atoms with Gasteiger partial charge in [-0.1, -0.05) is 6.42 Å². The fraction of sp³-hybridized carbons (Fsp3) is 0.889. The Balaban J connectivity index is 1.15. The van der Waals surface area contributed by atoms with Crippen LogP contribution in [0.5, 0.6) is 0 Å². The lowest BCUT2D eigenvalue weighted by Gasteiger charge is -2.54. The molecule has 4 fully saturated rings. The van der Waals surface area contributed by atoms with Gasteiger partial charge in [-0.25, -0.2) is 0 Å². The lowest BCUT2D eigenvalue weighted by atomic mass is 9.79. The number of nitrogens with zero attached hydrogens (tertiary/aromatic N) is 1. The molecule has 0 aromatic rings. The summed E-state index contributed by atoms with van der Waals surface area (Å²) >= 11 is 0. The average Bonchev–Trinajstić information content (AvgIpc) is 3.25. The van der Waals surface area contributed by atoms with Crippen LogP contribution < -0.4 is 5.32 Å². The second-order valence-electron chi connectivity index (χ2n) is 8.17. The zero-order valence-corrected chi connectivity index (χ0v) is 13.9. The van der Waals surface area contributed by atoms with Gasteiger partial charge in [-0.05, 0) is 50.4 Å². The summed E-state index contributed by atoms with van der Waals surface area (Å²) in [6.45, 7) is 3.02. The Morgan fingerprint density at radius 1 is 1.09 bits per heavy atom. The summed E-state index contributed by atoms with van der Waals surface area (Å²) in [5.74, 6) is 1.93. The number of hydrogen-bond donors (Lipinski definition) is 1. The normalized spacial score (nSPS) is 29.7. The van der Waals surface area contributed by atoms with Crippen molar-refractivity contribution >= 4 is 11.8 Å². The van der Waals surface area contributed by atoms with E-state index in [2.05, 4.69) is 5.32 Å². The van der Waals surface area contributed by atoms with Crippen molar-refractivity contribution < 1.29 is 14.3 Å². The summed E-state index contributed by atoms with van der Waals surface area (Å²) in [6, 6.07) is 0. The van der Waals surface area contributed by atoms with E-state index in [-0.39, 0.29) is 11.5 Å². The fourth-order valence-corrected chi connectivity index (χ4v) is 3.96. The van der Waals surface area contributed by atoms with Crippen molar-refractivity contribution in [3.05, 3.63) is 0 Å². The third-order valence-electron chi connectivity index (χ3n) is 6.12. The van der Waals surface area contributed by atoms with Crippen molar-refractivity contribution in [3.63, 3.8) is 0 Å². The van der Waals surface area contributed by atoms with Gasteiger partial charge in [0, 0.05) is 18.9 Å². The van der Waals surface area contributed by atoms with Gasteiger partial charge in [0.05, 0.1) is 19.7 Å². The van der Waals surface area contributed by atoms with Gasteiger partial charge in [-0.15, -0.1) is 0 Å². The molecule has 2 heterocycles. The maximum absolute atomic E-state index is 12.2. The third kappa shape index (κ3) is 3.39. The first kappa shape index (κ1) is 15.4. The number of rotatable bonds is 5. The SMILES string of the molecule is O=C(CC1CC1)NC[C@@H]1CCC2(CN(C(=O)C3CCC3)C2)OC1. The lowest BCUT2D eigenvalue weighted by Crippen LogP contribution is -2.67. The molecule has 1 spiro atoms. The van der Waals surface area contributed by atoms with Crippen LogP contribution in [-0.2, 0) is 14.3 Å². The Bertz CT molecular complexity index is 469. The van der Waals surface area contributed by atoms with E-state index in [1.54, 1.807) is 0 Å². The largest absolute Gasteiger partial charge is 0.371 e. The number of hydrogen-bond acceptors (Lipinski definition) is 3. The molecule has 2 saturated heterocycles. The maximum atomic E-state index is 12.2. The first-order valence-electron chi connectivity index (χ1n) is 9.33. The summed E-state index contributed by atoms with van der Waals surface area (Å²) in [7, 11) is 0. The number of carbonyl (C=O) groups is 2. The van der Waals surface area contributed by atoms with Crippen molar-refractivity contribution in [3.8, 4) is 0 Å². The van der Waals surface area contributed by atoms with E-state index in [9.17, 15) is 9.59 Å². The predicted octanol–water partition coefficient (Wildman–Crippen LogP) is 1.71. The summed E-state index contributed by atoms with van der Waals surface area (Å²) in [5.41, 5.74) is -0.0755. The minimum Gasteiger partial charge on any atom is -0.371 e. The van der Waals surface area contributed by atoms with E-state index < -0.39 is 0 Å². The van der Waals surface area contributed by atoms with E-state index in [1.165, 1.54) is 19.3 Å². The molecule has 0 aromatic carbocycles. The highest BCUT2D eigenvalue weighted by Crippen LogP contribution is 2.38. The van der Waals surface area contributed by atoms with Crippen molar-refractivity contribution in [2.45, 2.75) is 57.0 Å². The topological polar surface area (TPSA) is 58.6 Å². The second-order valence-corrected chi connectivity index (χ2v) is 8.17. The molecule has 2 amide bonds. The number of likely N-dealkylation sites (tertiary alicyclic amines) is 1. The molecule has 1 N–H and O–H groups in total. The molecule has 2 aliphatic heterocycles. The Labute approximate surface area is 138 Å². The first-order chi connectivity index (χ1) is 11.1. The first-order valence-corrected chi connectivity index (χ1v) is 9.33. The molecule has 128 valence electrons. The van der Waals surface area contributed by atoms with Gasteiger partial charge in [-0.2, -0.15) is 0 Å². The van der Waals surface area contributed by atoms with E-state index in [4.69, 9.17) is 4.74 Å². The molecule has 5 heteroatoms. The van der Waals surface area contributed by atoms with Gasteiger partial charge < -0.3 is 15.0 Å². The molecule has 4 rings (SSSR count). The van der Waals surface area contributed by atoms with Crippen LogP contribution in [0.25, 0.3) is 0 Å². The van der Waals surface area contributed by atoms with Crippen LogP contribution in [0.3, 0.4) is 0 Å². The van der Waals surface area contributed by atoms with E-state index in [1.807, 2.05) is 4.90 Å². The molecule has 4 aliphatic rings. The summed E-state index contributed by atoms with van der Waals surface area (Å²) < 4.78 is 6.11. The highest BCUT2D eigenvalue weighted by atomic mass is 16.5. The van der Waals surface area contributed by atoms with Gasteiger partial charge in [0.25, 0.3) is 0 Å². The van der Waals surface area contributed by atoms with Crippen LogP contribution in [-0.4, -0.2) is 48.6 Å². The quantitative estimate of drug-likeness (QED) is 0.839. The van der Waals surface area contributed by atoms with Crippen molar-refractivity contribution in [2.24, 2.45) is 17.8 Å². The summed E-state index contributed by atoms with van der Waals surface area (Å²) in [4.78, 5) is 25.9. The molecule has 5 nitrogen and oxygen atoms in total. The van der Waals surface area contributed by atoms with Crippen LogP contribution in [0, 0.1) is 17.8 Å². The second kappa shape index (κ2) is 6.08. The monoisotopic (exact) mass is 320 g/mol. The molecule has 23 heavy (non-hydrogen) atoms. The fourth-order valence-electron chi connectivity index (χ4n) is 3.96. The van der Waals surface area contributed by atoms with Gasteiger partial charge in [-0.3, -0.25) is 9.59 Å². The van der Waals surface area contributed by atoms with Gasteiger partial charge in [0.2, 0.25) is 11.8 Å². The zero-order valence-electron chi connectivity index (χ0n) is 13.9. The van der Waals surface area contributed by atoms with Crippen LogP contribution in [0.4, 0.5) is 0 Å². The molecular weight excluding hydrogens is 292 g/mol. The molecular formula is C18H28N2O3. The standard InChI is InChI=1S/C18H28N2O3/c21-16(8-13-4-5-13)19-9-14-6-7-18(23-10-14)11-20(12-18)17(22)15-2-1-3-15/h13-15H,1-12H2,(H,19,21)/t14-/m0/s1. The number of ether oxygens (including phenoxy) is 1. The number of carbonyl (C=O) groups excluding carboxylic acids is 2. The molecule has 0 unspecified atom stereocenters. The Hall–Kier alpha value is -1.10. The highest BCUT2D eigenvalue weighted by molar-refractivity contribution is 5.80. The average molecular weight is 320 g/mol. The molecule has 2 saturated carbocycles. The van der Waals surface area contributed by atoms with Crippen molar-refractivity contribution in [1.29, 1.82) is 0 Å². The van der Waals surface area contributed by atoms with Crippen LogP contribution in [0.1, 0.15) is 51.4 Å². The zero-order chi connectivity index (χ0) is 15.9. The van der Waals surface area contributed by atoms with Crippen LogP contribution in [0.2, 0.25) is 0 Å². The summed E-state index contributed by atoms with van der Waals surface area (Å²) in [5, 5.41) is 3.06.